The van der Waals surface area contributed by atoms with Gasteiger partial charge in [-0.3, -0.25) is 9.59 Å². The third-order valence-corrected chi connectivity index (χ3v) is 5.27. The molecule has 0 saturated carbocycles. The summed E-state index contributed by atoms with van der Waals surface area (Å²) in [7, 11) is 0. The fourth-order valence-corrected chi connectivity index (χ4v) is 3.51. The molecule has 0 bridgehead atoms. The number of nitrogens with one attached hydrogen (secondary N) is 1. The zero-order valence-electron chi connectivity index (χ0n) is 17.0. The van der Waals surface area contributed by atoms with E-state index in [4.69, 9.17) is 9.47 Å². The van der Waals surface area contributed by atoms with Crippen LogP contribution in [0.5, 0.6) is 5.75 Å². The molecule has 156 valence electrons. The topological polar surface area (TPSA) is 77.5 Å². The van der Waals surface area contributed by atoms with Crippen LogP contribution in [0.3, 0.4) is 0 Å². The Bertz CT molecular complexity index is 1020. The Morgan fingerprint density at radius 1 is 1.03 bits per heavy atom. The number of rotatable bonds is 9. The van der Waals surface area contributed by atoms with E-state index in [9.17, 15) is 9.59 Å². The number of aryl methyl sites for hydroxylation is 2. The molecule has 0 radical (unpaired) electrons. The van der Waals surface area contributed by atoms with Crippen molar-refractivity contribution in [2.45, 2.75) is 33.3 Å². The van der Waals surface area contributed by atoms with Gasteiger partial charge in [0.1, 0.15) is 17.4 Å². The standard InChI is InChI=1S/C23H24N2O4S/c1-16-7-3-5-9-19(16)25-21(26)13-22-24-18(15-30-22)14-29-23(27)11-12-28-20-10-6-4-8-17(20)2/h3-10,15H,11-14H2,1-2H3,(H,25,26). The predicted octanol–water partition coefficient (Wildman–Crippen LogP) is 4.45. The van der Waals surface area contributed by atoms with Gasteiger partial charge in [0.15, 0.2) is 0 Å². The molecule has 0 atom stereocenters. The Balaban J connectivity index is 1.39. The van der Waals surface area contributed by atoms with Crippen LogP contribution in [0.4, 0.5) is 5.69 Å². The van der Waals surface area contributed by atoms with Gasteiger partial charge in [0.25, 0.3) is 0 Å². The third kappa shape index (κ3) is 6.42. The average Bonchev–Trinajstić information content (AvgIpc) is 3.17. The maximum absolute atomic E-state index is 12.2. The first-order valence-electron chi connectivity index (χ1n) is 9.64. The van der Waals surface area contributed by atoms with E-state index in [1.54, 1.807) is 5.38 Å². The summed E-state index contributed by atoms with van der Waals surface area (Å²) in [5.41, 5.74) is 3.45. The highest BCUT2D eigenvalue weighted by molar-refractivity contribution is 7.09. The van der Waals surface area contributed by atoms with E-state index in [0.717, 1.165) is 22.6 Å². The van der Waals surface area contributed by atoms with Crippen molar-refractivity contribution in [3.8, 4) is 5.75 Å². The van der Waals surface area contributed by atoms with E-state index in [-0.39, 0.29) is 37.9 Å². The third-order valence-electron chi connectivity index (χ3n) is 4.37. The second kappa shape index (κ2) is 10.5. The molecule has 30 heavy (non-hydrogen) atoms. The lowest BCUT2D eigenvalue weighted by Crippen LogP contribution is -2.15. The van der Waals surface area contributed by atoms with Gasteiger partial charge in [-0.05, 0) is 37.1 Å². The Labute approximate surface area is 179 Å². The highest BCUT2D eigenvalue weighted by atomic mass is 32.1. The number of thiazole rings is 1. The largest absolute Gasteiger partial charge is 0.493 e. The van der Waals surface area contributed by atoms with Gasteiger partial charge in [-0.25, -0.2) is 4.98 Å². The van der Waals surface area contributed by atoms with Crippen molar-refractivity contribution in [2.75, 3.05) is 11.9 Å². The number of benzene rings is 2. The van der Waals surface area contributed by atoms with Gasteiger partial charge < -0.3 is 14.8 Å². The van der Waals surface area contributed by atoms with Crippen LogP contribution in [0.25, 0.3) is 0 Å². The zero-order valence-corrected chi connectivity index (χ0v) is 17.8. The van der Waals surface area contributed by atoms with Crippen LogP contribution in [0.15, 0.2) is 53.9 Å². The van der Waals surface area contributed by atoms with Crippen molar-refractivity contribution in [2.24, 2.45) is 0 Å². The molecule has 0 unspecified atom stereocenters. The van der Waals surface area contributed by atoms with Crippen molar-refractivity contribution in [3.05, 3.63) is 75.7 Å². The fourth-order valence-electron chi connectivity index (χ4n) is 2.73. The molecular formula is C23H24N2O4S. The van der Waals surface area contributed by atoms with Gasteiger partial charge in [0, 0.05) is 11.1 Å². The maximum Gasteiger partial charge on any atom is 0.309 e. The van der Waals surface area contributed by atoms with Crippen LogP contribution in [-0.2, 0) is 27.4 Å². The molecule has 0 aliphatic carbocycles. The Hall–Kier alpha value is -3.19. The number of hydrogen-bond acceptors (Lipinski definition) is 6. The van der Waals surface area contributed by atoms with Crippen molar-refractivity contribution in [1.29, 1.82) is 0 Å². The first kappa shape index (κ1) is 21.5. The van der Waals surface area contributed by atoms with Gasteiger partial charge in [-0.15, -0.1) is 11.3 Å². The summed E-state index contributed by atoms with van der Waals surface area (Å²) in [6.07, 6.45) is 0.335. The second-order valence-corrected chi connectivity index (χ2v) is 7.74. The monoisotopic (exact) mass is 424 g/mol. The zero-order chi connectivity index (χ0) is 21.3. The lowest BCUT2D eigenvalue weighted by molar-refractivity contribution is -0.145. The molecule has 2 aromatic carbocycles. The van der Waals surface area contributed by atoms with Crippen LogP contribution in [-0.4, -0.2) is 23.5 Å². The van der Waals surface area contributed by atoms with E-state index in [1.807, 2.05) is 62.4 Å². The fraction of sp³-hybridized carbons (Fsp3) is 0.261. The van der Waals surface area contributed by atoms with Crippen LogP contribution >= 0.6 is 11.3 Å². The Morgan fingerprint density at radius 2 is 1.77 bits per heavy atom. The highest BCUT2D eigenvalue weighted by Gasteiger charge is 2.11. The van der Waals surface area contributed by atoms with Crippen molar-refractivity contribution < 1.29 is 19.1 Å². The summed E-state index contributed by atoms with van der Waals surface area (Å²) in [6.45, 7) is 4.23. The lowest BCUT2D eigenvalue weighted by atomic mass is 10.2. The molecule has 1 amide bonds. The molecular weight excluding hydrogens is 400 g/mol. The molecule has 0 aliphatic rings. The number of hydrogen-bond donors (Lipinski definition) is 1. The second-order valence-electron chi connectivity index (χ2n) is 6.80. The van der Waals surface area contributed by atoms with E-state index in [1.165, 1.54) is 11.3 Å². The number of ether oxygens (including phenoxy) is 2. The summed E-state index contributed by atoms with van der Waals surface area (Å²) in [4.78, 5) is 28.5. The normalized spacial score (nSPS) is 10.5. The molecule has 1 N–H and O–H groups in total. The SMILES string of the molecule is Cc1ccccc1NC(=O)Cc1nc(COC(=O)CCOc2ccccc2C)cs1. The van der Waals surface area contributed by atoms with E-state index in [0.29, 0.717) is 10.7 Å². The van der Waals surface area contributed by atoms with E-state index < -0.39 is 0 Å². The number of aromatic nitrogens is 1. The molecule has 3 rings (SSSR count). The van der Waals surface area contributed by atoms with Crippen LogP contribution in [0, 0.1) is 13.8 Å². The molecule has 0 spiro atoms. The summed E-state index contributed by atoms with van der Waals surface area (Å²) in [5, 5.41) is 5.36. The molecule has 3 aromatic rings. The molecule has 0 saturated heterocycles. The van der Waals surface area contributed by atoms with E-state index in [2.05, 4.69) is 10.3 Å². The number of nitrogens with zero attached hydrogens (tertiary/aromatic N) is 1. The first-order valence-corrected chi connectivity index (χ1v) is 10.5. The van der Waals surface area contributed by atoms with Crippen molar-refractivity contribution in [3.63, 3.8) is 0 Å². The molecule has 1 aromatic heterocycles. The number of carbonyl (C=O) groups is 2. The predicted molar refractivity (Wildman–Crippen MR) is 117 cm³/mol. The number of anilines is 1. The first-order chi connectivity index (χ1) is 14.5. The minimum absolute atomic E-state index is 0.0825. The van der Waals surface area contributed by atoms with Crippen molar-refractivity contribution in [1.82, 2.24) is 4.98 Å². The lowest BCUT2D eigenvalue weighted by Gasteiger charge is -2.08. The van der Waals surface area contributed by atoms with Gasteiger partial charge in [0.05, 0.1) is 25.1 Å². The highest BCUT2D eigenvalue weighted by Crippen LogP contribution is 2.17. The maximum atomic E-state index is 12.2. The minimum Gasteiger partial charge on any atom is -0.493 e. The molecule has 1 heterocycles. The molecule has 7 heteroatoms. The quantitative estimate of drug-likeness (QED) is 0.514. The van der Waals surface area contributed by atoms with Gasteiger partial charge in [0.2, 0.25) is 5.91 Å². The average molecular weight is 425 g/mol. The van der Waals surface area contributed by atoms with E-state index >= 15 is 0 Å². The number of amides is 1. The molecule has 6 nitrogen and oxygen atoms in total. The van der Waals surface area contributed by atoms with Crippen LogP contribution in [0.1, 0.15) is 28.2 Å². The number of esters is 1. The Morgan fingerprint density at radius 3 is 2.53 bits per heavy atom. The Kier molecular flexibility index (Phi) is 7.57. The van der Waals surface area contributed by atoms with Gasteiger partial charge in [-0.1, -0.05) is 36.4 Å². The summed E-state index contributed by atoms with van der Waals surface area (Å²) in [6, 6.07) is 15.3. The number of carbonyl (C=O) groups excluding carboxylic acids is 2. The number of para-hydroxylation sites is 2. The van der Waals surface area contributed by atoms with Crippen molar-refractivity contribution >= 4 is 28.9 Å². The minimum atomic E-state index is -0.351. The van der Waals surface area contributed by atoms with Crippen LogP contribution < -0.4 is 10.1 Å². The smallest absolute Gasteiger partial charge is 0.309 e. The summed E-state index contributed by atoms with van der Waals surface area (Å²) < 4.78 is 10.9. The molecule has 0 aliphatic heterocycles. The van der Waals surface area contributed by atoms with Gasteiger partial charge >= 0.3 is 5.97 Å². The van der Waals surface area contributed by atoms with Crippen LogP contribution in [0.2, 0.25) is 0 Å². The molecule has 0 fully saturated rings. The summed E-state index contributed by atoms with van der Waals surface area (Å²) in [5.74, 6) is 0.282. The summed E-state index contributed by atoms with van der Waals surface area (Å²) >= 11 is 1.37. The van der Waals surface area contributed by atoms with Gasteiger partial charge in [-0.2, -0.15) is 0 Å².